The summed E-state index contributed by atoms with van der Waals surface area (Å²) < 4.78 is 27.2. The molecule has 0 saturated carbocycles. The molecule has 1 N–H and O–H groups in total. The molecule has 5 atom stereocenters. The summed E-state index contributed by atoms with van der Waals surface area (Å²) >= 11 is 6.08. The summed E-state index contributed by atoms with van der Waals surface area (Å²) in [6, 6.07) is 4.66. The van der Waals surface area contributed by atoms with Crippen LogP contribution in [0.2, 0.25) is 5.02 Å². The average molecular weight is 473 g/mol. The minimum atomic E-state index is -1.27. The Bertz CT molecular complexity index is 870. The van der Waals surface area contributed by atoms with Gasteiger partial charge in [-0.1, -0.05) is 17.7 Å². The molecule has 1 aliphatic rings. The van der Waals surface area contributed by atoms with Crippen LogP contribution < -0.4 is 0 Å². The van der Waals surface area contributed by atoms with Crippen molar-refractivity contribution in [2.45, 2.75) is 64.8 Å². The molecule has 1 fully saturated rings. The number of hydrogen-bond acceptors (Lipinski definition) is 10. The Balaban J connectivity index is 2.58. The summed E-state index contributed by atoms with van der Waals surface area (Å²) in [5.41, 5.74) is 0.827. The Hall–Kier alpha value is -2.69. The average Bonchev–Trinajstić information content (AvgIpc) is 2.69. The second kappa shape index (κ2) is 11.3. The highest BCUT2D eigenvalue weighted by Crippen LogP contribution is 2.38. The van der Waals surface area contributed by atoms with E-state index in [1.165, 1.54) is 13.0 Å². The zero-order valence-corrected chi connectivity index (χ0v) is 18.8. The lowest BCUT2D eigenvalue weighted by molar-refractivity contribution is -0.254. The van der Waals surface area contributed by atoms with Crippen molar-refractivity contribution < 1.29 is 48.0 Å². The Kier molecular flexibility index (Phi) is 8.99. The number of halogens is 1. The van der Waals surface area contributed by atoms with Crippen LogP contribution in [0.5, 0.6) is 0 Å². The molecule has 0 unspecified atom stereocenters. The lowest BCUT2D eigenvalue weighted by Crippen LogP contribution is -2.59. The van der Waals surface area contributed by atoms with Gasteiger partial charge in [0.1, 0.15) is 18.8 Å². The molecular weight excluding hydrogens is 448 g/mol. The first-order chi connectivity index (χ1) is 15.0. The van der Waals surface area contributed by atoms with E-state index in [1.54, 1.807) is 12.1 Å². The van der Waals surface area contributed by atoms with Crippen molar-refractivity contribution >= 4 is 35.5 Å². The molecule has 0 radical (unpaired) electrons. The Labute approximate surface area is 189 Å². The molecule has 0 spiro atoms. The van der Waals surface area contributed by atoms with Crippen molar-refractivity contribution in [3.05, 3.63) is 34.3 Å². The first kappa shape index (κ1) is 25.6. The van der Waals surface area contributed by atoms with Crippen molar-refractivity contribution in [3.8, 4) is 0 Å². The highest BCUT2D eigenvalue weighted by atomic mass is 35.5. The Morgan fingerprint density at radius 1 is 0.906 bits per heavy atom. The van der Waals surface area contributed by atoms with Crippen LogP contribution >= 0.6 is 11.6 Å². The van der Waals surface area contributed by atoms with E-state index in [-0.39, 0.29) is 13.2 Å². The number of esters is 4. The van der Waals surface area contributed by atoms with E-state index in [0.717, 1.165) is 20.8 Å². The van der Waals surface area contributed by atoms with Gasteiger partial charge in [0.25, 0.3) is 0 Å². The van der Waals surface area contributed by atoms with Crippen LogP contribution in [0, 0.1) is 0 Å². The predicted octanol–water partition coefficient (Wildman–Crippen LogP) is 1.63. The molecule has 2 rings (SSSR count). The molecule has 1 aromatic rings. The van der Waals surface area contributed by atoms with Crippen LogP contribution in [0.25, 0.3) is 0 Å². The van der Waals surface area contributed by atoms with Crippen molar-refractivity contribution in [2.24, 2.45) is 0 Å². The number of benzene rings is 1. The van der Waals surface area contributed by atoms with E-state index in [9.17, 15) is 24.3 Å². The fourth-order valence-corrected chi connectivity index (χ4v) is 3.57. The summed E-state index contributed by atoms with van der Waals surface area (Å²) in [7, 11) is 0. The lowest BCUT2D eigenvalue weighted by Gasteiger charge is -2.44. The molecule has 0 aromatic heterocycles. The monoisotopic (exact) mass is 472 g/mol. The summed E-state index contributed by atoms with van der Waals surface area (Å²) in [6.45, 7) is 3.96. The molecule has 176 valence electrons. The van der Waals surface area contributed by atoms with Crippen LogP contribution in [-0.4, -0.2) is 60.0 Å². The highest BCUT2D eigenvalue weighted by molar-refractivity contribution is 6.31. The van der Waals surface area contributed by atoms with E-state index in [1.807, 2.05) is 0 Å². The summed E-state index contributed by atoms with van der Waals surface area (Å²) in [5.74, 6) is -2.73. The van der Waals surface area contributed by atoms with E-state index < -0.39 is 54.4 Å². The molecule has 1 aliphatic heterocycles. The van der Waals surface area contributed by atoms with Gasteiger partial charge in [-0.05, 0) is 23.3 Å². The normalized spacial score (nSPS) is 24.9. The minimum absolute atomic E-state index is 0.307. The number of carbonyl (C=O) groups is 4. The predicted molar refractivity (Wildman–Crippen MR) is 108 cm³/mol. The van der Waals surface area contributed by atoms with Gasteiger partial charge in [-0.15, -0.1) is 0 Å². The van der Waals surface area contributed by atoms with Crippen molar-refractivity contribution in [3.63, 3.8) is 0 Å². The van der Waals surface area contributed by atoms with Gasteiger partial charge in [-0.2, -0.15) is 0 Å². The molecule has 11 heteroatoms. The van der Waals surface area contributed by atoms with Gasteiger partial charge >= 0.3 is 23.9 Å². The number of rotatable bonds is 7. The second-order valence-electron chi connectivity index (χ2n) is 7.13. The zero-order valence-electron chi connectivity index (χ0n) is 18.0. The molecule has 1 aromatic carbocycles. The smallest absolute Gasteiger partial charge is 0.303 e. The van der Waals surface area contributed by atoms with Crippen LogP contribution in [0.4, 0.5) is 0 Å². The van der Waals surface area contributed by atoms with Crippen molar-refractivity contribution in [2.75, 3.05) is 6.61 Å². The maximum absolute atomic E-state index is 11.9. The fraction of sp³-hybridized carbons (Fsp3) is 0.524. The second-order valence-corrected chi connectivity index (χ2v) is 7.54. The molecule has 1 saturated heterocycles. The Morgan fingerprint density at radius 3 is 2.00 bits per heavy atom. The summed E-state index contributed by atoms with van der Waals surface area (Å²) in [5, 5.41) is 9.87. The van der Waals surface area contributed by atoms with Crippen molar-refractivity contribution in [1.29, 1.82) is 0 Å². The summed E-state index contributed by atoms with van der Waals surface area (Å²) in [4.78, 5) is 46.8. The third-order valence-electron chi connectivity index (χ3n) is 4.56. The Morgan fingerprint density at radius 2 is 1.47 bits per heavy atom. The number of ether oxygens (including phenoxy) is 5. The largest absolute Gasteiger partial charge is 0.463 e. The van der Waals surface area contributed by atoms with Crippen molar-refractivity contribution in [1.82, 2.24) is 0 Å². The molecule has 1 heterocycles. The third kappa shape index (κ3) is 6.65. The summed E-state index contributed by atoms with van der Waals surface area (Å²) in [6.07, 6.45) is -5.81. The maximum Gasteiger partial charge on any atom is 0.303 e. The van der Waals surface area contributed by atoms with Crippen LogP contribution in [0.1, 0.15) is 44.9 Å². The van der Waals surface area contributed by atoms with E-state index in [2.05, 4.69) is 0 Å². The maximum atomic E-state index is 11.9. The third-order valence-corrected chi connectivity index (χ3v) is 4.93. The van der Waals surface area contributed by atoms with Gasteiger partial charge in [-0.3, -0.25) is 19.2 Å². The standard InChI is InChI=1S/C21H25ClO10/c1-10(24)28-9-17-19(29-11(2)25)21(31-13(4)27)20(30-12(3)26)18(32-17)14-5-6-16(22)15(7-14)8-23/h5-7,17-21,23H,8-9H2,1-4H3/t17-,18+,19-,20-,21+/m1/s1. The molecule has 0 aliphatic carbocycles. The van der Waals surface area contributed by atoms with Crippen LogP contribution in [-0.2, 0) is 49.5 Å². The molecule has 10 nitrogen and oxygen atoms in total. The van der Waals surface area contributed by atoms with E-state index in [0.29, 0.717) is 16.1 Å². The number of aliphatic hydroxyl groups is 1. The first-order valence-electron chi connectivity index (χ1n) is 9.73. The quantitative estimate of drug-likeness (QED) is 0.460. The molecule has 0 bridgehead atoms. The zero-order chi connectivity index (χ0) is 24.0. The SMILES string of the molecule is CC(=O)OC[C@H]1O[C@@H](c2ccc(Cl)c(CO)c2)[C@@H](OC(C)=O)[C@@H](OC(C)=O)[C@@H]1OC(C)=O. The highest BCUT2D eigenvalue weighted by Gasteiger charge is 2.52. The number of carbonyl (C=O) groups excluding carboxylic acids is 4. The van der Waals surface area contributed by atoms with Gasteiger partial charge < -0.3 is 28.8 Å². The number of hydrogen-bond donors (Lipinski definition) is 1. The minimum Gasteiger partial charge on any atom is -0.463 e. The van der Waals surface area contributed by atoms with Gasteiger partial charge in [0.15, 0.2) is 18.3 Å². The topological polar surface area (TPSA) is 135 Å². The lowest BCUT2D eigenvalue weighted by atomic mass is 9.90. The first-order valence-corrected chi connectivity index (χ1v) is 10.1. The van der Waals surface area contributed by atoms with Gasteiger partial charge in [0.2, 0.25) is 0 Å². The van der Waals surface area contributed by atoms with E-state index >= 15 is 0 Å². The van der Waals surface area contributed by atoms with Gasteiger partial charge in [0, 0.05) is 32.7 Å². The molecular formula is C21H25ClO10. The van der Waals surface area contributed by atoms with E-state index in [4.69, 9.17) is 35.3 Å². The van der Waals surface area contributed by atoms with Crippen LogP contribution in [0.3, 0.4) is 0 Å². The molecule has 0 amide bonds. The molecule has 32 heavy (non-hydrogen) atoms. The van der Waals surface area contributed by atoms with Gasteiger partial charge in [-0.25, -0.2) is 0 Å². The fourth-order valence-electron chi connectivity index (χ4n) is 3.39. The number of aliphatic hydroxyl groups excluding tert-OH is 1. The van der Waals surface area contributed by atoms with Crippen LogP contribution in [0.15, 0.2) is 18.2 Å². The van der Waals surface area contributed by atoms with Gasteiger partial charge in [0.05, 0.1) is 6.61 Å².